The molecule has 1 atom stereocenters. The molecule has 3 aliphatic rings. The second kappa shape index (κ2) is 10.0. The lowest BCUT2D eigenvalue weighted by Gasteiger charge is -2.39. The smallest absolute Gasteiger partial charge is 0.320 e. The average Bonchev–Trinajstić information content (AvgIpc) is 3.52. The van der Waals surface area contributed by atoms with Crippen molar-refractivity contribution in [1.82, 2.24) is 24.9 Å². The minimum Gasteiger partial charge on any atom is -0.329 e. The third-order valence-electron chi connectivity index (χ3n) is 8.90. The summed E-state index contributed by atoms with van der Waals surface area (Å²) < 4.78 is 2.05. The van der Waals surface area contributed by atoms with Gasteiger partial charge < -0.3 is 15.1 Å². The van der Waals surface area contributed by atoms with Crippen LogP contribution < -0.4 is 10.2 Å². The van der Waals surface area contributed by atoms with Crippen molar-refractivity contribution in [2.75, 3.05) is 25.0 Å². The summed E-state index contributed by atoms with van der Waals surface area (Å²) in [5.41, 5.74) is 4.15. The quantitative estimate of drug-likeness (QED) is 0.498. The Balaban J connectivity index is 1.18. The van der Waals surface area contributed by atoms with Gasteiger partial charge in [-0.1, -0.05) is 24.8 Å². The molecule has 0 radical (unpaired) electrons. The molecule has 4 heterocycles. The largest absolute Gasteiger partial charge is 0.329 e. The number of benzene rings is 2. The molecule has 41 heavy (non-hydrogen) atoms. The highest BCUT2D eigenvalue weighted by atomic mass is 16.2. The zero-order valence-electron chi connectivity index (χ0n) is 24.3. The first-order chi connectivity index (χ1) is 19.5. The Morgan fingerprint density at radius 1 is 1.12 bits per heavy atom. The molecule has 2 saturated heterocycles. The van der Waals surface area contributed by atoms with Crippen LogP contribution in [0.3, 0.4) is 0 Å². The molecule has 0 bridgehead atoms. The SMILES string of the molecule is C=C1CCC(N2C(=O)c3cccc4c(Cc5cnn(C6CCN(C(=O)N(C)C(C)(C)C)CC6)c5)ccc2c34)C(=O)N1. The standard InChI is InChI=1S/C32H38N6O3/c1-20-9-11-27(29(39)34-20)38-26-12-10-22(24-7-6-8-25(28(24)26)30(38)40)17-21-18-33-37(19-21)23-13-15-36(16-14-23)31(41)35(5)32(2,3)4/h6-8,10,12,18-19,23,27H,1,9,11,13-17H2,2-5H3,(H,34,39). The number of nitrogens with one attached hydrogen (secondary N) is 1. The van der Waals surface area contributed by atoms with E-state index in [-0.39, 0.29) is 29.4 Å². The lowest BCUT2D eigenvalue weighted by molar-refractivity contribution is -0.122. The summed E-state index contributed by atoms with van der Waals surface area (Å²) in [6.07, 6.45) is 7.68. The number of anilines is 1. The lowest BCUT2D eigenvalue weighted by Crippen LogP contribution is -2.51. The van der Waals surface area contributed by atoms with Crippen LogP contribution in [0.1, 0.15) is 74.0 Å². The second-order valence-electron chi connectivity index (χ2n) is 12.5. The minimum atomic E-state index is -0.539. The molecule has 1 unspecified atom stereocenters. The van der Waals surface area contributed by atoms with Crippen molar-refractivity contribution in [3.05, 3.63) is 71.7 Å². The Bertz CT molecular complexity index is 1560. The van der Waals surface area contributed by atoms with Crippen molar-refractivity contribution in [3.63, 3.8) is 0 Å². The lowest BCUT2D eigenvalue weighted by atomic mass is 9.97. The maximum absolute atomic E-state index is 13.5. The number of carbonyl (C=O) groups excluding carboxylic acids is 3. The van der Waals surface area contributed by atoms with Gasteiger partial charge in [0.05, 0.1) is 17.9 Å². The average molecular weight is 555 g/mol. The Hall–Kier alpha value is -4.14. The summed E-state index contributed by atoms with van der Waals surface area (Å²) in [4.78, 5) is 44.6. The van der Waals surface area contributed by atoms with E-state index < -0.39 is 6.04 Å². The van der Waals surface area contributed by atoms with Gasteiger partial charge in [0.15, 0.2) is 0 Å². The number of hydrogen-bond donors (Lipinski definition) is 1. The van der Waals surface area contributed by atoms with Crippen molar-refractivity contribution in [2.24, 2.45) is 0 Å². The van der Waals surface area contributed by atoms with E-state index in [1.807, 2.05) is 66.7 Å². The van der Waals surface area contributed by atoms with Crippen LogP contribution in [0.15, 0.2) is 55.0 Å². The van der Waals surface area contributed by atoms with Gasteiger partial charge in [-0.3, -0.25) is 19.2 Å². The number of likely N-dealkylation sites (tertiary alicyclic amines) is 1. The predicted octanol–water partition coefficient (Wildman–Crippen LogP) is 4.87. The fourth-order valence-electron chi connectivity index (χ4n) is 6.25. The molecule has 214 valence electrons. The highest BCUT2D eigenvalue weighted by Crippen LogP contribution is 2.41. The minimum absolute atomic E-state index is 0.0794. The number of nitrogens with zero attached hydrogens (tertiary/aromatic N) is 5. The number of allylic oxidation sites excluding steroid dienone is 1. The van der Waals surface area contributed by atoms with Crippen LogP contribution in [0.5, 0.6) is 0 Å². The van der Waals surface area contributed by atoms with Gasteiger partial charge in [0, 0.05) is 54.9 Å². The van der Waals surface area contributed by atoms with E-state index in [1.54, 1.807) is 4.90 Å². The Labute approximate surface area is 240 Å². The molecule has 0 aliphatic carbocycles. The van der Waals surface area contributed by atoms with E-state index >= 15 is 0 Å². The molecule has 2 fully saturated rings. The van der Waals surface area contributed by atoms with Gasteiger partial charge in [0.25, 0.3) is 5.91 Å². The van der Waals surface area contributed by atoms with Gasteiger partial charge in [-0.15, -0.1) is 0 Å². The molecule has 9 nitrogen and oxygen atoms in total. The molecular formula is C32H38N6O3. The van der Waals surface area contributed by atoms with E-state index in [0.29, 0.717) is 43.6 Å². The molecule has 3 aromatic rings. The maximum Gasteiger partial charge on any atom is 0.320 e. The summed E-state index contributed by atoms with van der Waals surface area (Å²) in [6.45, 7) is 11.4. The van der Waals surface area contributed by atoms with Crippen LogP contribution in [0.2, 0.25) is 0 Å². The van der Waals surface area contributed by atoms with Crippen molar-refractivity contribution in [3.8, 4) is 0 Å². The first kappa shape index (κ1) is 27.1. The molecule has 0 spiro atoms. The summed E-state index contributed by atoms with van der Waals surface area (Å²) in [7, 11) is 1.87. The fourth-order valence-corrected chi connectivity index (χ4v) is 6.25. The van der Waals surface area contributed by atoms with Crippen molar-refractivity contribution >= 4 is 34.3 Å². The van der Waals surface area contributed by atoms with Crippen LogP contribution in [0.25, 0.3) is 10.8 Å². The third-order valence-corrected chi connectivity index (χ3v) is 8.90. The van der Waals surface area contributed by atoms with Crippen molar-refractivity contribution < 1.29 is 14.4 Å². The Morgan fingerprint density at radius 2 is 1.88 bits per heavy atom. The van der Waals surface area contributed by atoms with Crippen LogP contribution in [0, 0.1) is 0 Å². The van der Waals surface area contributed by atoms with Gasteiger partial charge in [0.1, 0.15) is 6.04 Å². The van der Waals surface area contributed by atoms with E-state index in [9.17, 15) is 14.4 Å². The van der Waals surface area contributed by atoms with Crippen molar-refractivity contribution in [2.45, 2.75) is 70.5 Å². The zero-order valence-corrected chi connectivity index (χ0v) is 24.3. The van der Waals surface area contributed by atoms with Gasteiger partial charge in [-0.2, -0.15) is 5.10 Å². The molecule has 6 rings (SSSR count). The van der Waals surface area contributed by atoms with Gasteiger partial charge >= 0.3 is 6.03 Å². The molecule has 1 aromatic heterocycles. The van der Waals surface area contributed by atoms with Gasteiger partial charge in [0.2, 0.25) is 5.91 Å². The van der Waals surface area contributed by atoms with Gasteiger partial charge in [-0.05, 0) is 75.1 Å². The summed E-state index contributed by atoms with van der Waals surface area (Å²) in [6, 6.07) is 9.68. The monoisotopic (exact) mass is 554 g/mol. The van der Waals surface area contributed by atoms with E-state index in [0.717, 1.165) is 40.4 Å². The number of carbonyl (C=O) groups is 3. The first-order valence-electron chi connectivity index (χ1n) is 14.5. The number of aromatic nitrogens is 2. The fraction of sp³-hybridized carbons (Fsp3) is 0.438. The van der Waals surface area contributed by atoms with Crippen LogP contribution in [0.4, 0.5) is 10.5 Å². The molecule has 2 aromatic carbocycles. The number of rotatable bonds is 4. The van der Waals surface area contributed by atoms with Crippen molar-refractivity contribution in [1.29, 1.82) is 0 Å². The van der Waals surface area contributed by atoms with Crippen LogP contribution >= 0.6 is 0 Å². The molecule has 1 N–H and O–H groups in total. The zero-order chi connectivity index (χ0) is 29.1. The van der Waals surface area contributed by atoms with E-state index in [1.165, 1.54) is 0 Å². The van der Waals surface area contributed by atoms with Gasteiger partial charge in [-0.25, -0.2) is 4.79 Å². The van der Waals surface area contributed by atoms with Crippen LogP contribution in [-0.4, -0.2) is 69.1 Å². The topological polar surface area (TPSA) is 90.8 Å². The Kier molecular flexibility index (Phi) is 6.63. The first-order valence-corrected chi connectivity index (χ1v) is 14.5. The second-order valence-corrected chi connectivity index (χ2v) is 12.5. The molecular weight excluding hydrogens is 516 g/mol. The Morgan fingerprint density at radius 3 is 2.59 bits per heavy atom. The predicted molar refractivity (Wildman–Crippen MR) is 159 cm³/mol. The summed E-state index contributed by atoms with van der Waals surface area (Å²) >= 11 is 0. The number of urea groups is 1. The third kappa shape index (κ3) is 4.77. The normalized spacial score (nSPS) is 19.7. The molecule has 4 amide bonds. The summed E-state index contributed by atoms with van der Waals surface area (Å²) in [5, 5.41) is 9.46. The molecule has 3 aliphatic heterocycles. The highest BCUT2D eigenvalue weighted by molar-refractivity contribution is 6.27. The summed E-state index contributed by atoms with van der Waals surface area (Å²) in [5.74, 6) is -0.301. The maximum atomic E-state index is 13.5. The number of amides is 4. The number of hydrogen-bond acceptors (Lipinski definition) is 4. The number of piperidine rings is 2. The highest BCUT2D eigenvalue weighted by Gasteiger charge is 2.40. The van der Waals surface area contributed by atoms with Crippen LogP contribution in [-0.2, 0) is 11.2 Å². The van der Waals surface area contributed by atoms with E-state index in [4.69, 9.17) is 5.10 Å². The molecule has 0 saturated carbocycles. The molecule has 9 heteroatoms. The van der Waals surface area contributed by atoms with E-state index in [2.05, 4.69) is 30.2 Å².